The van der Waals surface area contributed by atoms with Crippen LogP contribution in [0.2, 0.25) is 0 Å². The predicted octanol–water partition coefficient (Wildman–Crippen LogP) is 1.72. The summed E-state index contributed by atoms with van der Waals surface area (Å²) in [6.07, 6.45) is 1.31. The highest BCUT2D eigenvalue weighted by atomic mass is 16.6. The fourth-order valence-corrected chi connectivity index (χ4v) is 2.86. The molecule has 1 N–H and O–H groups in total. The molecule has 1 aromatic carbocycles. The quantitative estimate of drug-likeness (QED) is 0.584. The Kier molecular flexibility index (Phi) is 6.15. The summed E-state index contributed by atoms with van der Waals surface area (Å²) < 4.78 is 15.4. The normalized spacial score (nSPS) is 18.0. The lowest BCUT2D eigenvalue weighted by Crippen LogP contribution is -2.56. The van der Waals surface area contributed by atoms with Gasteiger partial charge in [0.2, 0.25) is 5.54 Å². The van der Waals surface area contributed by atoms with Crippen LogP contribution in [0, 0.1) is 0 Å². The molecule has 0 bridgehead atoms. The third kappa shape index (κ3) is 3.62. The van der Waals surface area contributed by atoms with E-state index in [2.05, 4.69) is 5.32 Å². The molecule has 0 unspecified atom stereocenters. The Hall–Kier alpha value is -2.67. The number of ketones is 1. The number of methoxy groups -OCH3 is 1. The van der Waals surface area contributed by atoms with Gasteiger partial charge >= 0.3 is 11.9 Å². The molecule has 2 rings (SSSR count). The first-order valence-electron chi connectivity index (χ1n) is 8.39. The molecule has 0 spiro atoms. The van der Waals surface area contributed by atoms with Crippen LogP contribution >= 0.6 is 0 Å². The van der Waals surface area contributed by atoms with E-state index in [4.69, 9.17) is 14.2 Å². The van der Waals surface area contributed by atoms with Crippen molar-refractivity contribution < 1.29 is 28.6 Å². The van der Waals surface area contributed by atoms with E-state index in [0.29, 0.717) is 16.9 Å². The maximum Gasteiger partial charge on any atom is 0.342 e. The lowest BCUT2D eigenvalue weighted by atomic mass is 9.97. The molecule has 0 radical (unpaired) electrons. The highest BCUT2D eigenvalue weighted by Crippen LogP contribution is 2.36. The molecule has 0 saturated heterocycles. The van der Waals surface area contributed by atoms with Crippen molar-refractivity contribution in [2.75, 3.05) is 20.3 Å². The van der Waals surface area contributed by atoms with Gasteiger partial charge in [0.05, 0.1) is 26.4 Å². The first kappa shape index (κ1) is 19.7. The molecule has 1 aliphatic heterocycles. The van der Waals surface area contributed by atoms with E-state index in [1.54, 1.807) is 38.1 Å². The number of benzene rings is 1. The molecular weight excluding hydrogens is 338 g/mol. The number of Topliss-reactive ketones (excluding diaryl/α,β-unsaturated/α-hetero) is 1. The molecular formula is C19H23NO6. The summed E-state index contributed by atoms with van der Waals surface area (Å²) in [4.78, 5) is 37.4. The number of hydrogen-bond acceptors (Lipinski definition) is 7. The van der Waals surface area contributed by atoms with Crippen LogP contribution in [0.1, 0.15) is 32.4 Å². The summed E-state index contributed by atoms with van der Waals surface area (Å²) in [7, 11) is 1.53. The van der Waals surface area contributed by atoms with E-state index in [1.807, 2.05) is 0 Å². The second-order valence-corrected chi connectivity index (χ2v) is 5.76. The summed E-state index contributed by atoms with van der Waals surface area (Å²) >= 11 is 0. The second kappa shape index (κ2) is 8.14. The van der Waals surface area contributed by atoms with Crippen LogP contribution in [0.5, 0.6) is 5.75 Å². The highest BCUT2D eigenvalue weighted by molar-refractivity contribution is 6.11. The molecule has 1 aliphatic rings. The highest BCUT2D eigenvalue weighted by Gasteiger charge is 2.54. The van der Waals surface area contributed by atoms with Gasteiger partial charge in [-0.25, -0.2) is 9.59 Å². The van der Waals surface area contributed by atoms with Crippen molar-refractivity contribution in [1.82, 2.24) is 5.32 Å². The second-order valence-electron chi connectivity index (χ2n) is 5.76. The molecule has 0 aliphatic carbocycles. The van der Waals surface area contributed by atoms with Gasteiger partial charge in [-0.15, -0.1) is 0 Å². The molecule has 26 heavy (non-hydrogen) atoms. The van der Waals surface area contributed by atoms with Crippen molar-refractivity contribution in [3.63, 3.8) is 0 Å². The van der Waals surface area contributed by atoms with E-state index >= 15 is 0 Å². The average molecular weight is 361 g/mol. The molecule has 1 atom stereocenters. The third-order valence-electron chi connectivity index (χ3n) is 4.08. The van der Waals surface area contributed by atoms with Crippen LogP contribution < -0.4 is 10.1 Å². The Labute approximate surface area is 152 Å². The maximum absolute atomic E-state index is 12.6. The molecule has 7 heteroatoms. The maximum atomic E-state index is 12.6. The number of hydrogen-bond donors (Lipinski definition) is 1. The minimum absolute atomic E-state index is 0.0920. The Bertz CT molecular complexity index is 721. The summed E-state index contributed by atoms with van der Waals surface area (Å²) in [5.41, 5.74) is -0.888. The third-order valence-corrected chi connectivity index (χ3v) is 4.08. The fourth-order valence-electron chi connectivity index (χ4n) is 2.86. The standard InChI is InChI=1S/C19H23NO6/c1-5-25-17(22)19(18(23)26-6-2)11-15(12(3)21)16(20-19)13-8-7-9-14(10-13)24-4/h7-11,16,20H,5-6H2,1-4H3/t16-/m1/s1. The fraction of sp³-hybridized carbons (Fsp3) is 0.421. The van der Waals surface area contributed by atoms with Gasteiger partial charge in [-0.3, -0.25) is 10.1 Å². The average Bonchev–Trinajstić information content (AvgIpc) is 3.05. The number of esters is 2. The van der Waals surface area contributed by atoms with Gasteiger partial charge < -0.3 is 14.2 Å². The lowest BCUT2D eigenvalue weighted by molar-refractivity contribution is -0.162. The first-order valence-corrected chi connectivity index (χ1v) is 8.39. The van der Waals surface area contributed by atoms with Gasteiger partial charge in [-0.05, 0) is 44.5 Å². The van der Waals surface area contributed by atoms with Crippen LogP contribution in [-0.2, 0) is 23.9 Å². The monoisotopic (exact) mass is 361 g/mol. The SMILES string of the molecule is CCOC(=O)C1(C(=O)OCC)C=C(C(C)=O)[C@@H](c2cccc(OC)c2)N1. The lowest BCUT2D eigenvalue weighted by Gasteiger charge is -2.26. The summed E-state index contributed by atoms with van der Waals surface area (Å²) in [6.45, 7) is 4.85. The molecule has 0 fully saturated rings. The Morgan fingerprint density at radius 2 is 1.73 bits per heavy atom. The van der Waals surface area contributed by atoms with Gasteiger partial charge in [0.1, 0.15) is 5.75 Å². The van der Waals surface area contributed by atoms with Crippen LogP contribution in [-0.4, -0.2) is 43.6 Å². The number of ether oxygens (including phenoxy) is 3. The van der Waals surface area contributed by atoms with Crippen LogP contribution in [0.3, 0.4) is 0 Å². The largest absolute Gasteiger partial charge is 0.497 e. The number of carbonyl (C=O) groups is 3. The minimum Gasteiger partial charge on any atom is -0.497 e. The minimum atomic E-state index is -1.86. The van der Waals surface area contributed by atoms with Crippen LogP contribution in [0.15, 0.2) is 35.9 Å². The Morgan fingerprint density at radius 3 is 2.23 bits per heavy atom. The smallest absolute Gasteiger partial charge is 0.342 e. The van der Waals surface area contributed by atoms with Crippen molar-refractivity contribution >= 4 is 17.7 Å². The summed E-state index contributed by atoms with van der Waals surface area (Å²) in [6, 6.07) is 6.38. The van der Waals surface area contributed by atoms with Gasteiger partial charge in [0.15, 0.2) is 5.78 Å². The number of nitrogens with one attached hydrogen (secondary N) is 1. The zero-order chi connectivity index (χ0) is 19.3. The van der Waals surface area contributed by atoms with E-state index in [-0.39, 0.29) is 19.0 Å². The van der Waals surface area contributed by atoms with Gasteiger partial charge in [-0.1, -0.05) is 12.1 Å². The molecule has 7 nitrogen and oxygen atoms in total. The molecule has 140 valence electrons. The van der Waals surface area contributed by atoms with Gasteiger partial charge in [0.25, 0.3) is 0 Å². The molecule has 1 heterocycles. The summed E-state index contributed by atoms with van der Waals surface area (Å²) in [5, 5.41) is 2.95. The molecule has 0 amide bonds. The van der Waals surface area contributed by atoms with Crippen molar-refractivity contribution in [2.24, 2.45) is 0 Å². The van der Waals surface area contributed by atoms with E-state index in [0.717, 1.165) is 0 Å². The zero-order valence-electron chi connectivity index (χ0n) is 15.3. The Morgan fingerprint density at radius 1 is 1.12 bits per heavy atom. The Balaban J connectivity index is 2.53. The van der Waals surface area contributed by atoms with Gasteiger partial charge in [-0.2, -0.15) is 0 Å². The molecule has 1 aromatic rings. The van der Waals surface area contributed by atoms with Crippen molar-refractivity contribution in [2.45, 2.75) is 32.4 Å². The van der Waals surface area contributed by atoms with E-state index < -0.39 is 23.5 Å². The zero-order valence-corrected chi connectivity index (χ0v) is 15.3. The summed E-state index contributed by atoms with van der Waals surface area (Å²) in [5.74, 6) is -1.28. The number of carbonyl (C=O) groups excluding carboxylic acids is 3. The van der Waals surface area contributed by atoms with Crippen molar-refractivity contribution in [3.8, 4) is 5.75 Å². The first-order chi connectivity index (χ1) is 12.4. The predicted molar refractivity (Wildman–Crippen MR) is 93.6 cm³/mol. The van der Waals surface area contributed by atoms with Crippen molar-refractivity contribution in [3.05, 3.63) is 41.5 Å². The van der Waals surface area contributed by atoms with E-state index in [9.17, 15) is 14.4 Å². The molecule has 0 aromatic heterocycles. The van der Waals surface area contributed by atoms with E-state index in [1.165, 1.54) is 20.1 Å². The van der Waals surface area contributed by atoms with Crippen LogP contribution in [0.25, 0.3) is 0 Å². The van der Waals surface area contributed by atoms with Gasteiger partial charge in [0, 0.05) is 5.57 Å². The molecule has 0 saturated carbocycles. The van der Waals surface area contributed by atoms with Crippen molar-refractivity contribution in [1.29, 1.82) is 0 Å². The number of rotatable bonds is 7. The topological polar surface area (TPSA) is 90.9 Å². The van der Waals surface area contributed by atoms with Crippen LogP contribution in [0.4, 0.5) is 0 Å².